The van der Waals surface area contributed by atoms with Gasteiger partial charge in [0.25, 0.3) is 5.91 Å². The molecule has 0 aliphatic heterocycles. The molecule has 1 heterocycles. The van der Waals surface area contributed by atoms with Crippen LogP contribution in [-0.2, 0) is 10.0 Å². The monoisotopic (exact) mass is 229 g/mol. The maximum atomic E-state index is 11.6. The average molecular weight is 229 g/mol. The fourth-order valence-corrected chi connectivity index (χ4v) is 1.73. The second-order valence-electron chi connectivity index (χ2n) is 3.12. The van der Waals surface area contributed by atoms with Crippen molar-refractivity contribution in [3.8, 4) is 0 Å². The number of aromatic nitrogens is 1. The van der Waals surface area contributed by atoms with E-state index in [4.69, 9.17) is 5.14 Å². The summed E-state index contributed by atoms with van der Waals surface area (Å²) in [5.74, 6) is -0.452. The Bertz CT molecular complexity index is 482. The maximum Gasteiger partial charge on any atom is 0.256 e. The molecule has 0 atom stereocenters. The maximum absolute atomic E-state index is 11.6. The molecule has 7 heteroatoms. The predicted molar refractivity (Wildman–Crippen MR) is 53.6 cm³/mol. The van der Waals surface area contributed by atoms with E-state index in [0.29, 0.717) is 0 Å². The zero-order valence-electron chi connectivity index (χ0n) is 8.34. The second kappa shape index (κ2) is 3.95. The van der Waals surface area contributed by atoms with Gasteiger partial charge in [0.15, 0.2) is 0 Å². The van der Waals surface area contributed by atoms with Crippen LogP contribution in [0.5, 0.6) is 0 Å². The van der Waals surface area contributed by atoms with Crippen molar-refractivity contribution in [3.05, 3.63) is 24.0 Å². The van der Waals surface area contributed by atoms with E-state index in [-0.39, 0.29) is 10.5 Å². The molecule has 0 saturated carbocycles. The van der Waals surface area contributed by atoms with E-state index in [2.05, 4.69) is 4.98 Å². The molecule has 1 rings (SSSR count). The van der Waals surface area contributed by atoms with Crippen molar-refractivity contribution in [2.24, 2.45) is 5.14 Å². The van der Waals surface area contributed by atoms with Gasteiger partial charge in [0, 0.05) is 26.5 Å². The van der Waals surface area contributed by atoms with Gasteiger partial charge in [-0.3, -0.25) is 9.78 Å². The van der Waals surface area contributed by atoms with Crippen LogP contribution in [0, 0.1) is 0 Å². The number of amides is 1. The van der Waals surface area contributed by atoms with Gasteiger partial charge in [-0.15, -0.1) is 0 Å². The van der Waals surface area contributed by atoms with E-state index in [1.165, 1.54) is 37.5 Å². The Morgan fingerprint density at radius 2 is 2.07 bits per heavy atom. The molecule has 1 aromatic heterocycles. The topological polar surface area (TPSA) is 93.4 Å². The largest absolute Gasteiger partial charge is 0.345 e. The second-order valence-corrected chi connectivity index (χ2v) is 4.65. The van der Waals surface area contributed by atoms with Crippen LogP contribution in [0.4, 0.5) is 0 Å². The van der Waals surface area contributed by atoms with Gasteiger partial charge in [-0.05, 0) is 6.07 Å². The fourth-order valence-electron chi connectivity index (χ4n) is 1.03. The lowest BCUT2D eigenvalue weighted by Crippen LogP contribution is -2.25. The van der Waals surface area contributed by atoms with Crippen molar-refractivity contribution < 1.29 is 13.2 Å². The van der Waals surface area contributed by atoms with Crippen LogP contribution in [0.2, 0.25) is 0 Å². The molecule has 6 nitrogen and oxygen atoms in total. The molecule has 0 spiro atoms. The van der Waals surface area contributed by atoms with E-state index in [1.54, 1.807) is 0 Å². The summed E-state index contributed by atoms with van der Waals surface area (Å²) in [6.45, 7) is 0. The van der Waals surface area contributed by atoms with Crippen LogP contribution in [-0.4, -0.2) is 38.3 Å². The quantitative estimate of drug-likeness (QED) is 0.735. The molecular weight excluding hydrogens is 218 g/mol. The summed E-state index contributed by atoms with van der Waals surface area (Å²) in [5, 5.41) is 4.97. The lowest BCUT2D eigenvalue weighted by Gasteiger charge is -2.12. The minimum Gasteiger partial charge on any atom is -0.345 e. The third-order valence-corrected chi connectivity index (χ3v) is 2.69. The summed E-state index contributed by atoms with van der Waals surface area (Å²) in [7, 11) is -0.867. The fraction of sp³-hybridized carbons (Fsp3) is 0.250. The lowest BCUT2D eigenvalue weighted by atomic mass is 10.2. The van der Waals surface area contributed by atoms with E-state index >= 15 is 0 Å². The third kappa shape index (κ3) is 2.51. The van der Waals surface area contributed by atoms with Crippen LogP contribution in [0.25, 0.3) is 0 Å². The van der Waals surface area contributed by atoms with Gasteiger partial charge < -0.3 is 4.90 Å². The SMILES string of the molecule is CN(C)C(=O)c1cnccc1S(N)(=O)=O. The molecule has 2 N–H and O–H groups in total. The van der Waals surface area contributed by atoms with Gasteiger partial charge in [-0.25, -0.2) is 13.6 Å². The highest BCUT2D eigenvalue weighted by atomic mass is 32.2. The first kappa shape index (κ1) is 11.6. The van der Waals surface area contributed by atoms with Crippen molar-refractivity contribution in [3.63, 3.8) is 0 Å². The summed E-state index contributed by atoms with van der Waals surface area (Å²) in [6.07, 6.45) is 2.45. The Kier molecular flexibility index (Phi) is 3.06. The van der Waals surface area contributed by atoms with Gasteiger partial charge in [0.05, 0.1) is 10.5 Å². The van der Waals surface area contributed by atoms with Crippen molar-refractivity contribution in [1.82, 2.24) is 9.88 Å². The van der Waals surface area contributed by atoms with Gasteiger partial charge in [0.2, 0.25) is 10.0 Å². The van der Waals surface area contributed by atoms with Crippen molar-refractivity contribution in [2.75, 3.05) is 14.1 Å². The summed E-state index contributed by atoms with van der Waals surface area (Å²) in [4.78, 5) is 16.3. The van der Waals surface area contributed by atoms with E-state index in [1.807, 2.05) is 0 Å². The van der Waals surface area contributed by atoms with Gasteiger partial charge in [-0.2, -0.15) is 0 Å². The van der Waals surface area contributed by atoms with Crippen LogP contribution < -0.4 is 5.14 Å². The number of sulfonamides is 1. The minimum atomic E-state index is -3.90. The van der Waals surface area contributed by atoms with Crippen LogP contribution >= 0.6 is 0 Å². The highest BCUT2D eigenvalue weighted by Gasteiger charge is 2.20. The van der Waals surface area contributed by atoms with Crippen molar-refractivity contribution in [2.45, 2.75) is 4.90 Å². The smallest absolute Gasteiger partial charge is 0.256 e. The molecule has 0 unspecified atom stereocenters. The molecule has 0 aliphatic rings. The van der Waals surface area contributed by atoms with E-state index in [0.717, 1.165) is 0 Å². The molecule has 1 amide bonds. The van der Waals surface area contributed by atoms with E-state index < -0.39 is 15.9 Å². The number of pyridine rings is 1. The summed E-state index contributed by atoms with van der Waals surface area (Å²) in [6, 6.07) is 1.20. The first-order valence-electron chi connectivity index (χ1n) is 4.02. The highest BCUT2D eigenvalue weighted by molar-refractivity contribution is 7.89. The predicted octanol–water partition coefficient (Wildman–Crippen LogP) is -0.569. The van der Waals surface area contributed by atoms with E-state index in [9.17, 15) is 13.2 Å². The number of nitrogens with two attached hydrogens (primary N) is 1. The highest BCUT2D eigenvalue weighted by Crippen LogP contribution is 2.13. The zero-order chi connectivity index (χ0) is 11.6. The molecule has 15 heavy (non-hydrogen) atoms. The molecule has 0 aromatic carbocycles. The Balaban J connectivity index is 3.38. The first-order valence-corrected chi connectivity index (χ1v) is 5.57. The number of carbonyl (C=O) groups excluding carboxylic acids is 1. The lowest BCUT2D eigenvalue weighted by molar-refractivity contribution is 0.0823. The van der Waals surface area contributed by atoms with Crippen molar-refractivity contribution in [1.29, 1.82) is 0 Å². The van der Waals surface area contributed by atoms with Crippen LogP contribution in [0.3, 0.4) is 0 Å². The Hall–Kier alpha value is -1.47. The molecule has 1 aromatic rings. The number of nitrogens with zero attached hydrogens (tertiary/aromatic N) is 2. The normalized spacial score (nSPS) is 11.1. The number of carbonyl (C=O) groups is 1. The Labute approximate surface area is 87.8 Å². The third-order valence-electron chi connectivity index (χ3n) is 1.72. The summed E-state index contributed by atoms with van der Waals surface area (Å²) in [5.41, 5.74) is -0.0231. The molecule has 0 fully saturated rings. The number of primary sulfonamides is 1. The van der Waals surface area contributed by atoms with Crippen LogP contribution in [0.1, 0.15) is 10.4 Å². The van der Waals surface area contributed by atoms with Crippen LogP contribution in [0.15, 0.2) is 23.4 Å². The first-order chi connectivity index (χ1) is 6.84. The van der Waals surface area contributed by atoms with Crippen molar-refractivity contribution >= 4 is 15.9 Å². The van der Waals surface area contributed by atoms with Gasteiger partial charge in [0.1, 0.15) is 0 Å². The molecule has 0 aliphatic carbocycles. The standard InChI is InChI=1S/C8H11N3O3S/c1-11(2)8(12)6-5-10-4-3-7(6)15(9,13)14/h3-5H,1-2H3,(H2,9,13,14). The molecule has 0 bridgehead atoms. The molecule has 0 saturated heterocycles. The summed E-state index contributed by atoms with van der Waals surface area (Å²) >= 11 is 0. The molecular formula is C8H11N3O3S. The summed E-state index contributed by atoms with van der Waals surface area (Å²) < 4.78 is 22.3. The number of hydrogen-bond donors (Lipinski definition) is 1. The van der Waals surface area contributed by atoms with Gasteiger partial charge >= 0.3 is 0 Å². The minimum absolute atomic E-state index is 0.0231. The Morgan fingerprint density at radius 3 is 2.53 bits per heavy atom. The number of rotatable bonds is 2. The molecule has 82 valence electrons. The average Bonchev–Trinajstić information content (AvgIpc) is 2.15. The Morgan fingerprint density at radius 1 is 1.47 bits per heavy atom. The zero-order valence-corrected chi connectivity index (χ0v) is 9.15. The number of hydrogen-bond acceptors (Lipinski definition) is 4. The van der Waals surface area contributed by atoms with Gasteiger partial charge in [-0.1, -0.05) is 0 Å². The molecule has 0 radical (unpaired) electrons.